The monoisotopic (exact) mass is 338 g/mol. The average molecular weight is 339 g/mol. The zero-order valence-corrected chi connectivity index (χ0v) is 14.8. The number of rotatable bonds is 4. The van der Waals surface area contributed by atoms with Gasteiger partial charge in [-0.3, -0.25) is 14.5 Å². The summed E-state index contributed by atoms with van der Waals surface area (Å²) in [5.41, 5.74) is 2.20. The van der Waals surface area contributed by atoms with Gasteiger partial charge < -0.3 is 4.52 Å². The van der Waals surface area contributed by atoms with E-state index in [0.717, 1.165) is 49.0 Å². The van der Waals surface area contributed by atoms with Gasteiger partial charge in [0, 0.05) is 38.8 Å². The SMILES string of the molecule is CCc1nn(C)c(Cl)c1CN1CCN(C)C(c2nc(C)no2)C1. The Morgan fingerprint density at radius 3 is 2.74 bits per heavy atom. The molecule has 2 aromatic rings. The summed E-state index contributed by atoms with van der Waals surface area (Å²) in [7, 11) is 3.98. The van der Waals surface area contributed by atoms with E-state index >= 15 is 0 Å². The second-order valence-electron chi connectivity index (χ2n) is 6.10. The lowest BCUT2D eigenvalue weighted by atomic mass is 10.1. The van der Waals surface area contributed by atoms with Gasteiger partial charge in [0.15, 0.2) is 5.82 Å². The summed E-state index contributed by atoms with van der Waals surface area (Å²) >= 11 is 6.42. The fourth-order valence-corrected chi connectivity index (χ4v) is 3.26. The first kappa shape index (κ1) is 16.4. The van der Waals surface area contributed by atoms with Crippen LogP contribution in [0.25, 0.3) is 0 Å². The summed E-state index contributed by atoms with van der Waals surface area (Å²) in [6, 6.07) is 0.116. The molecule has 1 saturated heterocycles. The third-order valence-corrected chi connectivity index (χ3v) is 4.90. The van der Waals surface area contributed by atoms with Crippen LogP contribution < -0.4 is 0 Å². The highest BCUT2D eigenvalue weighted by Gasteiger charge is 2.30. The number of hydrogen-bond donors (Lipinski definition) is 0. The molecular weight excluding hydrogens is 316 g/mol. The third kappa shape index (κ3) is 3.27. The summed E-state index contributed by atoms with van der Waals surface area (Å²) in [6.45, 7) is 7.52. The zero-order valence-electron chi connectivity index (χ0n) is 14.1. The highest BCUT2D eigenvalue weighted by Crippen LogP contribution is 2.27. The number of hydrogen-bond acceptors (Lipinski definition) is 6. The lowest BCUT2D eigenvalue weighted by Crippen LogP contribution is -2.46. The minimum Gasteiger partial charge on any atom is -0.338 e. The Kier molecular flexibility index (Phi) is 4.70. The van der Waals surface area contributed by atoms with Crippen molar-refractivity contribution in [3.8, 4) is 0 Å². The molecule has 0 N–H and O–H groups in total. The first-order chi connectivity index (χ1) is 11.0. The van der Waals surface area contributed by atoms with Crippen molar-refractivity contribution >= 4 is 11.6 Å². The van der Waals surface area contributed by atoms with Gasteiger partial charge in [-0.05, 0) is 20.4 Å². The van der Waals surface area contributed by atoms with Gasteiger partial charge in [0.25, 0.3) is 0 Å². The second kappa shape index (κ2) is 6.59. The van der Waals surface area contributed by atoms with E-state index in [2.05, 4.69) is 39.0 Å². The van der Waals surface area contributed by atoms with Crippen LogP contribution in [0.2, 0.25) is 5.15 Å². The summed E-state index contributed by atoms with van der Waals surface area (Å²) < 4.78 is 7.13. The molecule has 0 aromatic carbocycles. The molecule has 126 valence electrons. The van der Waals surface area contributed by atoms with Crippen LogP contribution in [-0.2, 0) is 20.0 Å². The number of halogens is 1. The van der Waals surface area contributed by atoms with Crippen molar-refractivity contribution in [2.75, 3.05) is 26.7 Å². The van der Waals surface area contributed by atoms with Crippen molar-refractivity contribution in [2.45, 2.75) is 32.9 Å². The molecule has 3 rings (SSSR count). The smallest absolute Gasteiger partial charge is 0.245 e. The van der Waals surface area contributed by atoms with Gasteiger partial charge in [-0.15, -0.1) is 0 Å². The largest absolute Gasteiger partial charge is 0.338 e. The van der Waals surface area contributed by atoms with Gasteiger partial charge >= 0.3 is 0 Å². The van der Waals surface area contributed by atoms with E-state index in [0.29, 0.717) is 11.7 Å². The van der Waals surface area contributed by atoms with Crippen LogP contribution in [0.5, 0.6) is 0 Å². The van der Waals surface area contributed by atoms with Gasteiger partial charge in [0.1, 0.15) is 11.2 Å². The minimum absolute atomic E-state index is 0.116. The first-order valence-electron chi connectivity index (χ1n) is 7.92. The molecule has 1 aliphatic rings. The third-order valence-electron chi connectivity index (χ3n) is 4.43. The van der Waals surface area contributed by atoms with E-state index < -0.39 is 0 Å². The van der Waals surface area contributed by atoms with Crippen LogP contribution >= 0.6 is 11.6 Å². The molecule has 0 spiro atoms. The standard InChI is InChI=1S/C15H23ClN6O/c1-5-12-11(14(16)21(4)18-12)8-22-7-6-20(3)13(9-22)15-17-10(2)19-23-15/h13H,5-9H2,1-4H3. The first-order valence-corrected chi connectivity index (χ1v) is 8.30. The average Bonchev–Trinajstić information content (AvgIpc) is 3.07. The van der Waals surface area contributed by atoms with Crippen LogP contribution in [0, 0.1) is 6.92 Å². The molecule has 0 amide bonds. The number of nitrogens with zero attached hydrogens (tertiary/aromatic N) is 6. The van der Waals surface area contributed by atoms with Gasteiger partial charge in [-0.25, -0.2) is 0 Å². The molecule has 1 unspecified atom stereocenters. The highest BCUT2D eigenvalue weighted by atomic mass is 35.5. The number of aryl methyl sites for hydroxylation is 3. The molecule has 1 aliphatic heterocycles. The topological polar surface area (TPSA) is 63.2 Å². The second-order valence-corrected chi connectivity index (χ2v) is 6.46. The molecule has 0 aliphatic carbocycles. The maximum Gasteiger partial charge on any atom is 0.245 e. The summed E-state index contributed by atoms with van der Waals surface area (Å²) in [6.07, 6.45) is 0.885. The molecule has 3 heterocycles. The molecule has 0 bridgehead atoms. The van der Waals surface area contributed by atoms with E-state index in [1.807, 2.05) is 14.0 Å². The van der Waals surface area contributed by atoms with E-state index in [-0.39, 0.29) is 6.04 Å². The lowest BCUT2D eigenvalue weighted by Gasteiger charge is -2.37. The predicted octanol–water partition coefficient (Wildman–Crippen LogP) is 1.82. The molecule has 2 aromatic heterocycles. The summed E-state index contributed by atoms with van der Waals surface area (Å²) in [5.74, 6) is 1.36. The minimum atomic E-state index is 0.116. The zero-order chi connectivity index (χ0) is 16.6. The molecule has 7 nitrogen and oxygen atoms in total. The number of aromatic nitrogens is 4. The van der Waals surface area contributed by atoms with Crippen LogP contribution in [0.15, 0.2) is 4.52 Å². The molecule has 0 radical (unpaired) electrons. The van der Waals surface area contributed by atoms with Crippen molar-refractivity contribution in [3.05, 3.63) is 28.1 Å². The quantitative estimate of drug-likeness (QED) is 0.847. The van der Waals surface area contributed by atoms with Crippen molar-refractivity contribution < 1.29 is 4.52 Å². The normalized spacial score (nSPS) is 20.3. The summed E-state index contributed by atoms with van der Waals surface area (Å²) in [4.78, 5) is 9.03. The molecule has 0 saturated carbocycles. The van der Waals surface area contributed by atoms with Gasteiger partial charge in [-0.2, -0.15) is 10.1 Å². The maximum absolute atomic E-state index is 6.42. The van der Waals surface area contributed by atoms with E-state index in [9.17, 15) is 0 Å². The Morgan fingerprint density at radius 1 is 1.30 bits per heavy atom. The van der Waals surface area contributed by atoms with E-state index in [1.54, 1.807) is 4.68 Å². The fourth-order valence-electron chi connectivity index (χ4n) is 3.05. The Hall–Kier alpha value is -1.44. The van der Waals surface area contributed by atoms with Crippen LogP contribution in [0.1, 0.15) is 35.9 Å². The van der Waals surface area contributed by atoms with Crippen LogP contribution in [0.3, 0.4) is 0 Å². The predicted molar refractivity (Wildman–Crippen MR) is 87.3 cm³/mol. The van der Waals surface area contributed by atoms with Crippen molar-refractivity contribution in [2.24, 2.45) is 7.05 Å². The Labute approximate surface area is 141 Å². The molecule has 1 atom stereocenters. The fraction of sp³-hybridized carbons (Fsp3) is 0.667. The Balaban J connectivity index is 1.77. The molecule has 23 heavy (non-hydrogen) atoms. The summed E-state index contributed by atoms with van der Waals surface area (Å²) in [5, 5.41) is 9.14. The van der Waals surface area contributed by atoms with Crippen LogP contribution in [0.4, 0.5) is 0 Å². The molecule has 1 fully saturated rings. The van der Waals surface area contributed by atoms with Gasteiger partial charge in [0.05, 0.1) is 5.69 Å². The Bertz CT molecular complexity index is 682. The van der Waals surface area contributed by atoms with Crippen LogP contribution in [-0.4, -0.2) is 56.4 Å². The molecular formula is C15H23ClN6O. The highest BCUT2D eigenvalue weighted by molar-refractivity contribution is 6.30. The number of piperazine rings is 1. The van der Waals surface area contributed by atoms with Crippen molar-refractivity contribution in [3.63, 3.8) is 0 Å². The van der Waals surface area contributed by atoms with E-state index in [1.165, 1.54) is 0 Å². The number of likely N-dealkylation sites (N-methyl/N-ethyl adjacent to an activating group) is 1. The lowest BCUT2D eigenvalue weighted by molar-refractivity contribution is 0.0713. The maximum atomic E-state index is 6.42. The Morgan fingerprint density at radius 2 is 2.09 bits per heavy atom. The van der Waals surface area contributed by atoms with Crippen molar-refractivity contribution in [1.82, 2.24) is 29.7 Å². The van der Waals surface area contributed by atoms with Crippen molar-refractivity contribution in [1.29, 1.82) is 0 Å². The van der Waals surface area contributed by atoms with Gasteiger partial charge in [-0.1, -0.05) is 23.7 Å². The van der Waals surface area contributed by atoms with Gasteiger partial charge in [0.2, 0.25) is 5.89 Å². The molecule has 8 heteroatoms. The van der Waals surface area contributed by atoms with E-state index in [4.69, 9.17) is 16.1 Å².